The van der Waals surface area contributed by atoms with Gasteiger partial charge in [-0.25, -0.2) is 0 Å². The Bertz CT molecular complexity index is 419. The van der Waals surface area contributed by atoms with Crippen LogP contribution in [0.4, 0.5) is 0 Å². The average Bonchev–Trinajstić information content (AvgIpc) is 2.90. The standard InChI is InChI=1S/C21H39N3O2/c1-2-3-4-9-14-22-21(26)18-11-10-15-24(16-18)17-20(25)23-19-12-7-5-6-8-13-19/h18-19H,2-17H2,1H3,(H,22,26)(H,23,25). The lowest BCUT2D eigenvalue weighted by Gasteiger charge is -2.32. The first-order valence-corrected chi connectivity index (χ1v) is 11.0. The van der Waals surface area contributed by atoms with Gasteiger partial charge in [0.1, 0.15) is 0 Å². The summed E-state index contributed by atoms with van der Waals surface area (Å²) in [5, 5.41) is 6.31. The largest absolute Gasteiger partial charge is 0.356 e. The Morgan fingerprint density at radius 3 is 2.46 bits per heavy atom. The molecule has 1 saturated heterocycles. The van der Waals surface area contributed by atoms with E-state index in [1.54, 1.807) is 0 Å². The van der Waals surface area contributed by atoms with Crippen LogP contribution in [0.5, 0.6) is 0 Å². The number of amides is 2. The first-order chi connectivity index (χ1) is 12.7. The van der Waals surface area contributed by atoms with Crippen LogP contribution >= 0.6 is 0 Å². The lowest BCUT2D eigenvalue weighted by Crippen LogP contribution is -2.48. The molecule has 150 valence electrons. The van der Waals surface area contributed by atoms with E-state index in [0.29, 0.717) is 12.6 Å². The number of hydrogen-bond donors (Lipinski definition) is 2. The molecule has 26 heavy (non-hydrogen) atoms. The lowest BCUT2D eigenvalue weighted by atomic mass is 9.97. The molecule has 0 aromatic carbocycles. The van der Waals surface area contributed by atoms with Crippen molar-refractivity contribution in [1.82, 2.24) is 15.5 Å². The van der Waals surface area contributed by atoms with Crippen molar-refractivity contribution in [3.05, 3.63) is 0 Å². The third-order valence-electron chi connectivity index (χ3n) is 5.79. The van der Waals surface area contributed by atoms with E-state index < -0.39 is 0 Å². The third-order valence-corrected chi connectivity index (χ3v) is 5.79. The van der Waals surface area contributed by atoms with Gasteiger partial charge in [-0.15, -0.1) is 0 Å². The summed E-state index contributed by atoms with van der Waals surface area (Å²) in [4.78, 5) is 26.9. The van der Waals surface area contributed by atoms with Crippen LogP contribution in [-0.4, -0.2) is 48.9 Å². The summed E-state index contributed by atoms with van der Waals surface area (Å²) in [5.41, 5.74) is 0. The fraction of sp³-hybridized carbons (Fsp3) is 0.905. The van der Waals surface area contributed by atoms with E-state index in [0.717, 1.165) is 51.7 Å². The molecule has 2 rings (SSSR count). The van der Waals surface area contributed by atoms with Gasteiger partial charge in [0.05, 0.1) is 12.5 Å². The van der Waals surface area contributed by atoms with E-state index in [1.807, 2.05) is 0 Å². The van der Waals surface area contributed by atoms with Gasteiger partial charge in [-0.1, -0.05) is 51.9 Å². The van der Waals surface area contributed by atoms with Gasteiger partial charge >= 0.3 is 0 Å². The van der Waals surface area contributed by atoms with Crippen molar-refractivity contribution in [2.24, 2.45) is 5.92 Å². The van der Waals surface area contributed by atoms with E-state index in [2.05, 4.69) is 22.5 Å². The van der Waals surface area contributed by atoms with Crippen LogP contribution in [0, 0.1) is 5.92 Å². The van der Waals surface area contributed by atoms with Crippen molar-refractivity contribution in [1.29, 1.82) is 0 Å². The zero-order chi connectivity index (χ0) is 18.6. The number of carbonyl (C=O) groups excluding carboxylic acids is 2. The summed E-state index contributed by atoms with van der Waals surface area (Å²) in [5.74, 6) is 0.355. The van der Waals surface area contributed by atoms with E-state index in [-0.39, 0.29) is 17.7 Å². The third kappa shape index (κ3) is 8.07. The van der Waals surface area contributed by atoms with Crippen LogP contribution in [0.3, 0.4) is 0 Å². The predicted molar refractivity (Wildman–Crippen MR) is 106 cm³/mol. The van der Waals surface area contributed by atoms with Crippen LogP contribution in [0.1, 0.15) is 84.0 Å². The highest BCUT2D eigenvalue weighted by molar-refractivity contribution is 5.80. The van der Waals surface area contributed by atoms with Crippen molar-refractivity contribution in [3.8, 4) is 0 Å². The average molecular weight is 366 g/mol. The number of nitrogens with one attached hydrogen (secondary N) is 2. The van der Waals surface area contributed by atoms with Gasteiger partial charge in [0.2, 0.25) is 11.8 Å². The Hall–Kier alpha value is -1.10. The molecule has 1 unspecified atom stereocenters. The van der Waals surface area contributed by atoms with Gasteiger partial charge < -0.3 is 10.6 Å². The predicted octanol–water partition coefficient (Wildman–Crippen LogP) is 3.23. The fourth-order valence-corrected chi connectivity index (χ4v) is 4.22. The van der Waals surface area contributed by atoms with Crippen molar-refractivity contribution in [2.75, 3.05) is 26.2 Å². The molecule has 0 bridgehead atoms. The zero-order valence-corrected chi connectivity index (χ0v) is 16.7. The smallest absolute Gasteiger partial charge is 0.234 e. The number of carbonyl (C=O) groups is 2. The molecule has 2 aliphatic rings. The fourth-order valence-electron chi connectivity index (χ4n) is 4.22. The lowest BCUT2D eigenvalue weighted by molar-refractivity contribution is -0.129. The molecule has 0 spiro atoms. The van der Waals surface area contributed by atoms with Crippen LogP contribution < -0.4 is 10.6 Å². The second-order valence-electron chi connectivity index (χ2n) is 8.18. The van der Waals surface area contributed by atoms with Gasteiger partial charge in [-0.2, -0.15) is 0 Å². The Morgan fingerprint density at radius 1 is 0.962 bits per heavy atom. The quantitative estimate of drug-likeness (QED) is 0.487. The van der Waals surface area contributed by atoms with Gasteiger partial charge in [0.25, 0.3) is 0 Å². The molecule has 0 aromatic rings. The molecule has 2 fully saturated rings. The van der Waals surface area contributed by atoms with Gasteiger partial charge in [0.15, 0.2) is 0 Å². The van der Waals surface area contributed by atoms with Crippen molar-refractivity contribution in [3.63, 3.8) is 0 Å². The molecule has 0 aromatic heterocycles. The number of hydrogen-bond acceptors (Lipinski definition) is 3. The summed E-state index contributed by atoms with van der Waals surface area (Å²) in [6, 6.07) is 0.358. The number of piperidine rings is 1. The Kier molecular flexibility index (Phi) is 10.0. The van der Waals surface area contributed by atoms with Crippen molar-refractivity contribution in [2.45, 2.75) is 90.0 Å². The zero-order valence-electron chi connectivity index (χ0n) is 16.7. The van der Waals surface area contributed by atoms with E-state index in [4.69, 9.17) is 0 Å². The molecule has 2 amide bonds. The number of nitrogens with zero attached hydrogens (tertiary/aromatic N) is 1. The minimum atomic E-state index is 0.0422. The summed E-state index contributed by atoms with van der Waals surface area (Å²) >= 11 is 0. The molecular formula is C21H39N3O2. The monoisotopic (exact) mass is 365 g/mol. The minimum absolute atomic E-state index is 0.0422. The van der Waals surface area contributed by atoms with Crippen LogP contribution in [0.15, 0.2) is 0 Å². The number of unbranched alkanes of at least 4 members (excludes halogenated alkanes) is 3. The Labute approximate surface area is 159 Å². The molecule has 1 heterocycles. The Morgan fingerprint density at radius 2 is 1.73 bits per heavy atom. The van der Waals surface area contributed by atoms with Crippen LogP contribution in [-0.2, 0) is 9.59 Å². The molecule has 2 N–H and O–H groups in total. The van der Waals surface area contributed by atoms with E-state index in [1.165, 1.54) is 44.9 Å². The highest BCUT2D eigenvalue weighted by Crippen LogP contribution is 2.18. The maximum absolute atomic E-state index is 12.4. The molecule has 1 atom stereocenters. The first kappa shape index (κ1) is 21.2. The van der Waals surface area contributed by atoms with E-state index >= 15 is 0 Å². The molecule has 5 nitrogen and oxygen atoms in total. The maximum Gasteiger partial charge on any atom is 0.234 e. The maximum atomic E-state index is 12.4. The number of likely N-dealkylation sites (tertiary alicyclic amines) is 1. The highest BCUT2D eigenvalue weighted by Gasteiger charge is 2.27. The Balaban J connectivity index is 1.66. The van der Waals surface area contributed by atoms with Crippen LogP contribution in [0.25, 0.3) is 0 Å². The van der Waals surface area contributed by atoms with Crippen molar-refractivity contribution >= 4 is 11.8 Å². The minimum Gasteiger partial charge on any atom is -0.356 e. The molecule has 1 aliphatic carbocycles. The second kappa shape index (κ2) is 12.3. The summed E-state index contributed by atoms with van der Waals surface area (Å²) in [6.45, 7) is 5.08. The summed E-state index contributed by atoms with van der Waals surface area (Å²) < 4.78 is 0. The topological polar surface area (TPSA) is 61.4 Å². The molecular weight excluding hydrogens is 326 g/mol. The highest BCUT2D eigenvalue weighted by atomic mass is 16.2. The van der Waals surface area contributed by atoms with E-state index in [9.17, 15) is 9.59 Å². The van der Waals surface area contributed by atoms with Crippen molar-refractivity contribution < 1.29 is 9.59 Å². The molecule has 5 heteroatoms. The summed E-state index contributed by atoms with van der Waals surface area (Å²) in [7, 11) is 0. The molecule has 0 radical (unpaired) electrons. The first-order valence-electron chi connectivity index (χ1n) is 11.0. The molecule has 1 saturated carbocycles. The molecule has 1 aliphatic heterocycles. The van der Waals surface area contributed by atoms with Crippen LogP contribution in [0.2, 0.25) is 0 Å². The van der Waals surface area contributed by atoms with Gasteiger partial charge in [-0.3, -0.25) is 14.5 Å². The number of rotatable bonds is 9. The normalized spacial score (nSPS) is 22.6. The van der Waals surface area contributed by atoms with Gasteiger partial charge in [-0.05, 0) is 38.6 Å². The SMILES string of the molecule is CCCCCCNC(=O)C1CCCN(CC(=O)NC2CCCCCC2)C1. The summed E-state index contributed by atoms with van der Waals surface area (Å²) in [6.07, 6.45) is 14.0. The second-order valence-corrected chi connectivity index (χ2v) is 8.18. The van der Waals surface area contributed by atoms with Gasteiger partial charge in [0, 0.05) is 19.1 Å².